The van der Waals surface area contributed by atoms with Gasteiger partial charge in [0.15, 0.2) is 0 Å². The minimum atomic E-state index is -0.910. The summed E-state index contributed by atoms with van der Waals surface area (Å²) in [5, 5.41) is 28.0. The highest BCUT2D eigenvalue weighted by molar-refractivity contribution is 6.46. The molecule has 0 spiro atoms. The smallest absolute Gasteiger partial charge is 0.295 e. The largest absolute Gasteiger partial charge is 0.872 e. The van der Waals surface area contributed by atoms with Gasteiger partial charge < -0.3 is 25.0 Å². The summed E-state index contributed by atoms with van der Waals surface area (Å²) >= 11 is 0. The molecule has 2 aromatic carbocycles. The Morgan fingerprint density at radius 2 is 1.75 bits per heavy atom. The number of quaternary nitrogens is 1. The van der Waals surface area contributed by atoms with Crippen LogP contribution in [0.25, 0.3) is 5.76 Å². The first kappa shape index (κ1) is 25.3. The van der Waals surface area contributed by atoms with E-state index >= 15 is 0 Å². The van der Waals surface area contributed by atoms with Gasteiger partial charge in [0.1, 0.15) is 5.75 Å². The Hall–Kier alpha value is -3.76. The molecule has 0 saturated carbocycles. The molecule has 1 amide bonds. The predicted octanol–water partition coefficient (Wildman–Crippen LogP) is 0.0941. The molecule has 190 valence electrons. The number of carbonyl (C=O) groups excluding carboxylic acids is 2. The first-order chi connectivity index (χ1) is 17.3. The fourth-order valence-electron chi connectivity index (χ4n) is 4.65. The van der Waals surface area contributed by atoms with E-state index in [-0.39, 0.29) is 22.9 Å². The molecule has 10 nitrogen and oxygen atoms in total. The molecule has 2 aliphatic heterocycles. The van der Waals surface area contributed by atoms with Gasteiger partial charge in [-0.05, 0) is 49.2 Å². The van der Waals surface area contributed by atoms with Crippen molar-refractivity contribution in [3.8, 4) is 5.75 Å². The number of hydrogen-bond donors (Lipinski definition) is 2. The van der Waals surface area contributed by atoms with Gasteiger partial charge in [-0.1, -0.05) is 17.9 Å². The van der Waals surface area contributed by atoms with E-state index in [2.05, 4.69) is 5.32 Å². The molecule has 10 heteroatoms. The third kappa shape index (κ3) is 5.39. The minimum absolute atomic E-state index is 0.0344. The standard InChI is InChI=1S/C26H30N4O6/c1-17(2)36-21-9-5-19(6-10-21)24(31)22-23(18-3-7-20(8-4-18)30(34)35)29(26(33)25(22)32)16-15-28-13-11-27-12-14-28/h3-10,17,23,27,31H,11-16H2,1-2H3/b24-22+. The minimum Gasteiger partial charge on any atom is -0.872 e. The summed E-state index contributed by atoms with van der Waals surface area (Å²) < 4.78 is 5.63. The number of amides is 1. The number of carbonyl (C=O) groups is 2. The highest BCUT2D eigenvalue weighted by Gasteiger charge is 2.44. The Balaban J connectivity index is 1.71. The van der Waals surface area contributed by atoms with Crippen LogP contribution in [0, 0.1) is 10.1 Å². The molecule has 1 atom stereocenters. The van der Waals surface area contributed by atoms with Crippen LogP contribution >= 0.6 is 0 Å². The second kappa shape index (κ2) is 10.9. The lowest BCUT2D eigenvalue weighted by atomic mass is 9.95. The fraction of sp³-hybridized carbons (Fsp3) is 0.385. The van der Waals surface area contributed by atoms with Crippen LogP contribution in [0.2, 0.25) is 0 Å². The van der Waals surface area contributed by atoms with Gasteiger partial charge in [0.05, 0.1) is 43.2 Å². The number of piperazine rings is 1. The Labute approximate surface area is 209 Å². The van der Waals surface area contributed by atoms with Crippen molar-refractivity contribution < 1.29 is 29.3 Å². The SMILES string of the molecule is CC(C)Oc1ccc(/C([O-])=C2\C(=O)C(=O)N(CC[NH+]3CCNCC3)C2c2ccc([N+](=O)[O-])cc2)cc1. The molecule has 2 N–H and O–H groups in total. The summed E-state index contributed by atoms with van der Waals surface area (Å²) in [6.07, 6.45) is -0.0344. The normalized spacial score (nSPS) is 20.2. The number of nitro groups is 1. The molecule has 2 aliphatic rings. The zero-order valence-corrected chi connectivity index (χ0v) is 20.4. The Bertz CT molecular complexity index is 1150. The maximum Gasteiger partial charge on any atom is 0.295 e. The average molecular weight is 495 g/mol. The number of non-ortho nitro benzene ring substituents is 1. The number of ether oxygens (including phenoxy) is 1. The van der Waals surface area contributed by atoms with Crippen LogP contribution in [-0.2, 0) is 9.59 Å². The molecule has 0 aromatic heterocycles. The van der Waals surface area contributed by atoms with E-state index in [4.69, 9.17) is 4.74 Å². The number of hydrogen-bond acceptors (Lipinski definition) is 7. The van der Waals surface area contributed by atoms with E-state index in [0.29, 0.717) is 24.4 Å². The molecule has 36 heavy (non-hydrogen) atoms. The van der Waals surface area contributed by atoms with Crippen molar-refractivity contribution in [1.82, 2.24) is 10.2 Å². The van der Waals surface area contributed by atoms with Crippen molar-refractivity contribution >= 4 is 23.1 Å². The van der Waals surface area contributed by atoms with Crippen molar-refractivity contribution in [3.05, 3.63) is 75.3 Å². The van der Waals surface area contributed by atoms with Crippen molar-refractivity contribution in [3.63, 3.8) is 0 Å². The van der Waals surface area contributed by atoms with Gasteiger partial charge >= 0.3 is 0 Å². The van der Waals surface area contributed by atoms with E-state index < -0.39 is 28.4 Å². The summed E-state index contributed by atoms with van der Waals surface area (Å²) in [5.74, 6) is -1.50. The highest BCUT2D eigenvalue weighted by Crippen LogP contribution is 2.39. The maximum absolute atomic E-state index is 13.5. The quantitative estimate of drug-likeness (QED) is 0.175. The molecule has 0 aliphatic carbocycles. The monoisotopic (exact) mass is 494 g/mol. The summed E-state index contributed by atoms with van der Waals surface area (Å²) in [4.78, 5) is 39.6. The van der Waals surface area contributed by atoms with E-state index in [1.54, 1.807) is 24.3 Å². The van der Waals surface area contributed by atoms with Crippen LogP contribution in [0.15, 0.2) is 54.1 Å². The van der Waals surface area contributed by atoms with Crippen LogP contribution in [-0.4, -0.2) is 66.9 Å². The van der Waals surface area contributed by atoms with Crippen LogP contribution in [0.3, 0.4) is 0 Å². The van der Waals surface area contributed by atoms with Gasteiger partial charge in [0, 0.05) is 30.8 Å². The first-order valence-corrected chi connectivity index (χ1v) is 12.1. The molecular weight excluding hydrogens is 464 g/mol. The molecule has 4 rings (SSSR count). The fourth-order valence-corrected chi connectivity index (χ4v) is 4.65. The Morgan fingerprint density at radius 3 is 2.33 bits per heavy atom. The van der Waals surface area contributed by atoms with Crippen LogP contribution in [0.5, 0.6) is 5.75 Å². The van der Waals surface area contributed by atoms with Crippen LogP contribution in [0.1, 0.15) is 31.0 Å². The number of rotatable bonds is 8. The lowest BCUT2D eigenvalue weighted by Crippen LogP contribution is -3.15. The zero-order valence-electron chi connectivity index (χ0n) is 20.4. The first-order valence-electron chi connectivity index (χ1n) is 12.1. The zero-order chi connectivity index (χ0) is 25.8. The van der Waals surface area contributed by atoms with Gasteiger partial charge in [0.2, 0.25) is 5.78 Å². The molecular formula is C26H30N4O6. The van der Waals surface area contributed by atoms with E-state index in [1.807, 2.05) is 13.8 Å². The highest BCUT2D eigenvalue weighted by atomic mass is 16.6. The molecule has 2 fully saturated rings. The summed E-state index contributed by atoms with van der Waals surface area (Å²) in [6.45, 7) is 8.26. The van der Waals surface area contributed by atoms with Crippen LogP contribution < -0.4 is 20.1 Å². The van der Waals surface area contributed by atoms with Crippen molar-refractivity contribution in [2.75, 3.05) is 39.3 Å². The number of nitrogens with one attached hydrogen (secondary N) is 2. The molecule has 1 unspecified atom stereocenters. The second-order valence-corrected chi connectivity index (χ2v) is 9.26. The van der Waals surface area contributed by atoms with E-state index in [0.717, 1.165) is 26.2 Å². The van der Waals surface area contributed by atoms with Crippen molar-refractivity contribution in [2.45, 2.75) is 26.0 Å². The van der Waals surface area contributed by atoms with Gasteiger partial charge in [0.25, 0.3) is 11.6 Å². The Morgan fingerprint density at radius 1 is 1.11 bits per heavy atom. The number of benzene rings is 2. The molecule has 2 saturated heterocycles. The van der Waals surface area contributed by atoms with Gasteiger partial charge in [-0.25, -0.2) is 0 Å². The van der Waals surface area contributed by atoms with E-state index in [9.17, 15) is 24.8 Å². The maximum atomic E-state index is 13.5. The summed E-state index contributed by atoms with van der Waals surface area (Å²) in [7, 11) is 0. The third-order valence-electron chi connectivity index (χ3n) is 6.45. The molecule has 0 bridgehead atoms. The number of nitro benzene ring substituents is 1. The number of likely N-dealkylation sites (tertiary alicyclic amines) is 1. The van der Waals surface area contributed by atoms with Gasteiger partial charge in [-0.15, -0.1) is 0 Å². The topological polar surface area (TPSA) is 129 Å². The number of ketones is 1. The third-order valence-corrected chi connectivity index (χ3v) is 6.45. The summed E-state index contributed by atoms with van der Waals surface area (Å²) in [5.41, 5.74) is 0.503. The molecule has 0 radical (unpaired) electrons. The van der Waals surface area contributed by atoms with Crippen LogP contribution in [0.4, 0.5) is 5.69 Å². The Kier molecular flexibility index (Phi) is 7.66. The average Bonchev–Trinajstić information content (AvgIpc) is 3.12. The lowest BCUT2D eigenvalue weighted by molar-refractivity contribution is -0.901. The number of Topliss-reactive ketones (excluding diaryl/α,β-unsaturated/α-hetero) is 1. The van der Waals surface area contributed by atoms with Gasteiger partial charge in [-0.3, -0.25) is 19.7 Å². The van der Waals surface area contributed by atoms with E-state index in [1.165, 1.54) is 34.1 Å². The molecule has 2 aromatic rings. The predicted molar refractivity (Wildman–Crippen MR) is 130 cm³/mol. The van der Waals surface area contributed by atoms with Crippen molar-refractivity contribution in [1.29, 1.82) is 0 Å². The van der Waals surface area contributed by atoms with Gasteiger partial charge in [-0.2, -0.15) is 0 Å². The lowest BCUT2D eigenvalue weighted by Gasteiger charge is -2.30. The van der Waals surface area contributed by atoms with Crippen molar-refractivity contribution in [2.24, 2.45) is 0 Å². The number of nitrogens with zero attached hydrogens (tertiary/aromatic N) is 2. The summed E-state index contributed by atoms with van der Waals surface area (Å²) in [6, 6.07) is 11.2. The molecule has 2 heterocycles. The second-order valence-electron chi connectivity index (χ2n) is 9.26.